The van der Waals surface area contributed by atoms with E-state index in [0.29, 0.717) is 6.42 Å². The number of nitrogens with zero attached hydrogens (tertiary/aromatic N) is 6. The van der Waals surface area contributed by atoms with Crippen LogP contribution in [0.2, 0.25) is 0 Å². The van der Waals surface area contributed by atoms with Gasteiger partial charge in [0.15, 0.2) is 11.6 Å². The van der Waals surface area contributed by atoms with Crippen LogP contribution in [0.15, 0.2) is 36.9 Å². The lowest BCUT2D eigenvalue weighted by atomic mass is 9.89. The molecule has 4 aromatic rings. The van der Waals surface area contributed by atoms with Crippen LogP contribution < -0.4 is 0 Å². The van der Waals surface area contributed by atoms with E-state index in [1.165, 1.54) is 6.33 Å². The van der Waals surface area contributed by atoms with Gasteiger partial charge in [-0.1, -0.05) is 20.8 Å². The van der Waals surface area contributed by atoms with E-state index in [-0.39, 0.29) is 48.8 Å². The van der Waals surface area contributed by atoms with Crippen LogP contribution in [0.4, 0.5) is 0 Å². The molecule has 2 N–H and O–H groups in total. The first-order chi connectivity index (χ1) is 23.8. The van der Waals surface area contributed by atoms with Gasteiger partial charge in [-0.3, -0.25) is 0 Å². The van der Waals surface area contributed by atoms with E-state index in [0.717, 1.165) is 53.8 Å². The molecule has 4 aliphatic rings. The number of hydrogen-bond acceptors (Lipinski definition) is 12. The van der Waals surface area contributed by atoms with E-state index in [1.807, 2.05) is 75.7 Å². The third-order valence-electron chi connectivity index (χ3n) is 10.6. The molecule has 0 radical (unpaired) electrons. The zero-order valence-electron chi connectivity index (χ0n) is 30.8. The highest BCUT2D eigenvalue weighted by Gasteiger charge is 2.63. The number of aliphatic hydroxyl groups is 2. The third-order valence-corrected chi connectivity index (χ3v) is 10.6. The fourth-order valence-corrected chi connectivity index (χ4v) is 7.99. The summed E-state index contributed by atoms with van der Waals surface area (Å²) in [6.07, 6.45) is 4.16. The van der Waals surface area contributed by atoms with Gasteiger partial charge in [0.1, 0.15) is 54.9 Å². The van der Waals surface area contributed by atoms with Gasteiger partial charge in [0.05, 0.1) is 46.0 Å². The van der Waals surface area contributed by atoms with Crippen LogP contribution in [0.5, 0.6) is 0 Å². The minimum atomic E-state index is -0.769. The summed E-state index contributed by atoms with van der Waals surface area (Å²) in [7, 11) is 1.00. The highest BCUT2D eigenvalue weighted by molar-refractivity contribution is 5.53. The molecule has 0 spiro atoms. The Hall–Kier alpha value is -3.08. The summed E-state index contributed by atoms with van der Waals surface area (Å²) in [6.45, 7) is 17.8. The Labute approximate surface area is 293 Å². The number of aryl methyl sites for hydroxylation is 2. The van der Waals surface area contributed by atoms with Crippen LogP contribution >= 0.6 is 0 Å². The zero-order valence-corrected chi connectivity index (χ0v) is 30.8. The van der Waals surface area contributed by atoms with E-state index in [4.69, 9.17) is 33.5 Å². The maximum Gasteiger partial charge on any atom is 0.164 e. The van der Waals surface area contributed by atoms with Crippen LogP contribution in [-0.2, 0) is 28.4 Å². The van der Waals surface area contributed by atoms with Crippen molar-refractivity contribution in [2.24, 2.45) is 0 Å². The molecule has 8 rings (SSSR count). The predicted octanol–water partition coefficient (Wildman–Crippen LogP) is 4.57. The predicted molar refractivity (Wildman–Crippen MR) is 182 cm³/mol. The second-order valence-corrected chi connectivity index (χ2v) is 14.3. The van der Waals surface area contributed by atoms with Crippen LogP contribution in [0.25, 0.3) is 11.0 Å². The highest BCUT2D eigenvalue weighted by atomic mass is 16.8. The second-order valence-electron chi connectivity index (χ2n) is 14.3. The number of aromatic nitrogens is 6. The zero-order chi connectivity index (χ0) is 36.2. The molecule has 4 aliphatic heterocycles. The van der Waals surface area contributed by atoms with Crippen LogP contribution in [0.1, 0.15) is 103 Å². The molecule has 0 saturated carbocycles. The fraction of sp³-hybridized carbons (Fsp3) is 0.667. The van der Waals surface area contributed by atoms with Crippen molar-refractivity contribution in [1.82, 2.24) is 29.2 Å². The van der Waals surface area contributed by atoms with Crippen molar-refractivity contribution < 1.29 is 38.6 Å². The maximum absolute atomic E-state index is 10.0. The van der Waals surface area contributed by atoms with E-state index < -0.39 is 17.2 Å². The molecule has 0 unspecified atom stereocenters. The van der Waals surface area contributed by atoms with Crippen LogP contribution in [-0.4, -0.2) is 100 Å². The first-order valence-corrected chi connectivity index (χ1v) is 17.5. The average Bonchev–Trinajstić information content (AvgIpc) is 3.93. The smallest absolute Gasteiger partial charge is 0.164 e. The Bertz CT molecular complexity index is 1670. The van der Waals surface area contributed by atoms with Gasteiger partial charge in [-0.25, -0.2) is 19.0 Å². The molecule has 8 heterocycles. The molecular weight excluding hydrogens is 644 g/mol. The minimum Gasteiger partial charge on any atom is -0.400 e. The summed E-state index contributed by atoms with van der Waals surface area (Å²) in [5.41, 5.74) is 4.57. The second kappa shape index (κ2) is 13.5. The topological polar surface area (TPSA) is 156 Å². The highest BCUT2D eigenvalue weighted by Crippen LogP contribution is 2.53. The number of fused-ring (bicyclic) bond motifs is 4. The van der Waals surface area contributed by atoms with Crippen molar-refractivity contribution in [2.45, 2.75) is 141 Å². The molecule has 274 valence electrons. The SMILES string of the molecule is CCC1(CC)O[C@@H](c2ccc3c(C)ncnn23)[C@@H]2OC(C)(C)O[C@@H]21.CC[C@@]1(CO)O[C@@H](c2ccc3c(C)ncnn23)[C@@H]2OC(C)(C)O[C@@H]21.CO. The quantitative estimate of drug-likeness (QED) is 0.290. The van der Waals surface area contributed by atoms with E-state index in [9.17, 15) is 5.11 Å². The Morgan fingerprint density at radius 2 is 1.02 bits per heavy atom. The first kappa shape index (κ1) is 36.7. The van der Waals surface area contributed by atoms with Gasteiger partial charge >= 0.3 is 0 Å². The largest absolute Gasteiger partial charge is 0.400 e. The number of aliphatic hydroxyl groups excluding tert-OH is 2. The Morgan fingerprint density at radius 1 is 0.620 bits per heavy atom. The van der Waals surface area contributed by atoms with Gasteiger partial charge in [0.2, 0.25) is 0 Å². The lowest BCUT2D eigenvalue weighted by molar-refractivity contribution is -0.218. The van der Waals surface area contributed by atoms with Gasteiger partial charge < -0.3 is 38.6 Å². The number of hydrogen-bond donors (Lipinski definition) is 2. The van der Waals surface area contributed by atoms with Crippen LogP contribution in [0.3, 0.4) is 0 Å². The maximum atomic E-state index is 10.0. The number of rotatable bonds is 6. The van der Waals surface area contributed by atoms with Crippen molar-refractivity contribution >= 4 is 11.0 Å². The van der Waals surface area contributed by atoms with Crippen molar-refractivity contribution in [3.63, 3.8) is 0 Å². The molecular formula is C36H52N6O8. The van der Waals surface area contributed by atoms with Gasteiger partial charge in [0, 0.05) is 7.11 Å². The third kappa shape index (κ3) is 5.93. The summed E-state index contributed by atoms with van der Waals surface area (Å²) in [6, 6.07) is 8.07. The first-order valence-electron chi connectivity index (χ1n) is 17.5. The van der Waals surface area contributed by atoms with E-state index in [2.05, 4.69) is 40.1 Å². The molecule has 50 heavy (non-hydrogen) atoms. The van der Waals surface area contributed by atoms with Gasteiger partial charge in [-0.05, 0) is 85.1 Å². The Balaban J connectivity index is 0.000000165. The summed E-state index contributed by atoms with van der Waals surface area (Å²) in [5, 5.41) is 25.8. The molecule has 4 fully saturated rings. The summed E-state index contributed by atoms with van der Waals surface area (Å²) < 4.78 is 41.3. The monoisotopic (exact) mass is 696 g/mol. The van der Waals surface area contributed by atoms with E-state index in [1.54, 1.807) is 6.33 Å². The Morgan fingerprint density at radius 3 is 1.42 bits per heavy atom. The average molecular weight is 697 g/mol. The molecule has 0 bridgehead atoms. The van der Waals surface area contributed by atoms with Gasteiger partial charge in [-0.15, -0.1) is 0 Å². The Kier molecular flexibility index (Phi) is 9.89. The molecule has 0 aromatic carbocycles. The molecule has 4 saturated heterocycles. The summed E-state index contributed by atoms with van der Waals surface area (Å²) in [4.78, 5) is 8.50. The molecule has 0 amide bonds. The minimum absolute atomic E-state index is 0.0685. The lowest BCUT2D eigenvalue weighted by Gasteiger charge is -2.33. The summed E-state index contributed by atoms with van der Waals surface area (Å²) >= 11 is 0. The van der Waals surface area contributed by atoms with Gasteiger partial charge in [-0.2, -0.15) is 10.2 Å². The molecule has 4 aromatic heterocycles. The van der Waals surface area contributed by atoms with E-state index >= 15 is 0 Å². The normalized spacial score (nSPS) is 31.6. The van der Waals surface area contributed by atoms with Crippen molar-refractivity contribution in [3.8, 4) is 0 Å². The standard InChI is InChI=1S/C18H25N3O3.C17H23N3O4.CH4O/c1-6-18(7-2)16-15(22-17(4,5)24-16)14(23-18)13-9-8-12-11(3)19-10-20-21(12)13;1-5-17(8-21)15-14(22-16(3,4)24-15)13(23-17)12-7-6-11-10(2)18-9-19-20(11)12;1-2/h8-10,14-16H,6-7H2,1-5H3;6-7,9,13-15,21H,5,8H2,1-4H3;2H,1H3/t14-,15-,16-;13-,14-,15-,17-;/m00./s1. The van der Waals surface area contributed by atoms with Crippen molar-refractivity contribution in [2.75, 3.05) is 13.7 Å². The van der Waals surface area contributed by atoms with Crippen molar-refractivity contribution in [1.29, 1.82) is 0 Å². The van der Waals surface area contributed by atoms with Crippen molar-refractivity contribution in [3.05, 3.63) is 59.7 Å². The molecule has 14 nitrogen and oxygen atoms in total. The molecule has 14 heteroatoms. The van der Waals surface area contributed by atoms with Gasteiger partial charge in [0.25, 0.3) is 0 Å². The van der Waals surface area contributed by atoms with Crippen LogP contribution in [0, 0.1) is 13.8 Å². The molecule has 7 atom stereocenters. The number of ether oxygens (including phenoxy) is 6. The lowest BCUT2D eigenvalue weighted by Crippen LogP contribution is -2.45. The fourth-order valence-electron chi connectivity index (χ4n) is 7.99. The molecule has 0 aliphatic carbocycles. The summed E-state index contributed by atoms with van der Waals surface area (Å²) in [5.74, 6) is -1.30.